The monoisotopic (exact) mass is 481 g/mol. The van der Waals surface area contributed by atoms with Crippen LogP contribution in [0.15, 0.2) is 12.5 Å². The van der Waals surface area contributed by atoms with Crippen LogP contribution in [0.5, 0.6) is 0 Å². The molecule has 34 heavy (non-hydrogen) atoms. The van der Waals surface area contributed by atoms with Crippen molar-refractivity contribution < 1.29 is 29.4 Å². The lowest BCUT2D eigenvalue weighted by Gasteiger charge is -2.31. The molecule has 1 aliphatic rings. The summed E-state index contributed by atoms with van der Waals surface area (Å²) in [5.41, 5.74) is 11.9. The highest BCUT2D eigenvalue weighted by atomic mass is 16.4. The number of rotatable bonds is 13. The zero-order chi connectivity index (χ0) is 25.3. The molecule has 5 unspecified atom stereocenters. The molecule has 2 rings (SSSR count). The van der Waals surface area contributed by atoms with E-state index in [0.29, 0.717) is 44.3 Å². The van der Waals surface area contributed by atoms with E-state index in [-0.39, 0.29) is 13.0 Å². The molecule has 190 valence electrons. The highest BCUT2D eigenvalue weighted by molar-refractivity contribution is 5.94. The zero-order valence-corrected chi connectivity index (χ0v) is 19.3. The van der Waals surface area contributed by atoms with Crippen molar-refractivity contribution in [2.45, 2.75) is 75.7 Å². The first kappa shape index (κ1) is 27.2. The van der Waals surface area contributed by atoms with Crippen molar-refractivity contribution in [3.63, 3.8) is 0 Å². The van der Waals surface area contributed by atoms with E-state index in [1.165, 1.54) is 24.3 Å². The van der Waals surface area contributed by atoms with Crippen LogP contribution in [0.25, 0.3) is 0 Å². The van der Waals surface area contributed by atoms with Gasteiger partial charge in [0.2, 0.25) is 17.7 Å². The number of aliphatic hydroxyl groups excluding tert-OH is 1. The van der Waals surface area contributed by atoms with Crippen LogP contribution in [0, 0.1) is 0 Å². The van der Waals surface area contributed by atoms with Crippen LogP contribution < -0.4 is 22.1 Å². The molecule has 0 spiro atoms. The number of nitrogens with two attached hydrogens (primary N) is 2. The Balaban J connectivity index is 2.05. The topological polar surface area (TPSA) is 217 Å². The second-order valence-corrected chi connectivity index (χ2v) is 8.49. The van der Waals surface area contributed by atoms with Gasteiger partial charge in [-0.2, -0.15) is 0 Å². The molecule has 13 nitrogen and oxygen atoms in total. The van der Waals surface area contributed by atoms with Crippen LogP contribution in [-0.4, -0.2) is 92.1 Å². The summed E-state index contributed by atoms with van der Waals surface area (Å²) in [7, 11) is 0. The minimum Gasteiger partial charge on any atom is -0.480 e. The molecule has 0 bridgehead atoms. The first-order chi connectivity index (χ1) is 16.1. The van der Waals surface area contributed by atoms with Gasteiger partial charge in [-0.1, -0.05) is 6.42 Å². The molecule has 1 saturated heterocycles. The minimum atomic E-state index is -1.29. The Morgan fingerprint density at radius 3 is 2.62 bits per heavy atom. The Morgan fingerprint density at radius 1 is 1.29 bits per heavy atom. The fourth-order valence-electron chi connectivity index (χ4n) is 3.85. The maximum Gasteiger partial charge on any atom is 0.326 e. The van der Waals surface area contributed by atoms with Gasteiger partial charge in [0.05, 0.1) is 18.5 Å². The number of imidazole rings is 1. The Hall–Kier alpha value is -3.03. The van der Waals surface area contributed by atoms with E-state index in [1.807, 2.05) is 0 Å². The Labute approximate surface area is 197 Å². The van der Waals surface area contributed by atoms with Gasteiger partial charge in [-0.25, -0.2) is 9.78 Å². The van der Waals surface area contributed by atoms with E-state index < -0.39 is 54.0 Å². The highest BCUT2D eigenvalue weighted by Crippen LogP contribution is 2.20. The van der Waals surface area contributed by atoms with Gasteiger partial charge in [0.15, 0.2) is 0 Å². The van der Waals surface area contributed by atoms with Crippen LogP contribution in [-0.2, 0) is 25.6 Å². The summed E-state index contributed by atoms with van der Waals surface area (Å²) < 4.78 is 0. The number of hydrogen-bond acceptors (Lipinski definition) is 8. The van der Waals surface area contributed by atoms with E-state index in [1.54, 1.807) is 0 Å². The molecule has 5 atom stereocenters. The van der Waals surface area contributed by atoms with Gasteiger partial charge in [-0.3, -0.25) is 14.4 Å². The molecule has 0 aromatic carbocycles. The van der Waals surface area contributed by atoms with Crippen molar-refractivity contribution in [1.82, 2.24) is 25.5 Å². The SMILES string of the molecule is CC(O)C(NC(=O)C(N)CCCCN)C(=O)N1CCCC1C(=O)NC(Cc1cnc[nH]1)C(=O)O. The van der Waals surface area contributed by atoms with Crippen molar-refractivity contribution in [2.24, 2.45) is 11.5 Å². The molecule has 0 saturated carbocycles. The van der Waals surface area contributed by atoms with Crippen molar-refractivity contribution in [2.75, 3.05) is 13.1 Å². The third-order valence-corrected chi connectivity index (χ3v) is 5.78. The summed E-state index contributed by atoms with van der Waals surface area (Å²) in [6.07, 6.45) is 4.21. The number of H-pyrrole nitrogens is 1. The number of amides is 3. The largest absolute Gasteiger partial charge is 0.480 e. The number of aliphatic hydroxyl groups is 1. The Morgan fingerprint density at radius 2 is 2.03 bits per heavy atom. The van der Waals surface area contributed by atoms with E-state index in [4.69, 9.17) is 11.5 Å². The van der Waals surface area contributed by atoms with Gasteiger partial charge < -0.3 is 42.2 Å². The van der Waals surface area contributed by atoms with E-state index in [2.05, 4.69) is 20.6 Å². The number of aromatic nitrogens is 2. The van der Waals surface area contributed by atoms with Crippen molar-refractivity contribution in [3.05, 3.63) is 18.2 Å². The Bertz CT molecular complexity index is 832. The van der Waals surface area contributed by atoms with Crippen LogP contribution in [0.4, 0.5) is 0 Å². The summed E-state index contributed by atoms with van der Waals surface area (Å²) in [4.78, 5) is 58.1. The molecule has 13 heteroatoms. The maximum atomic E-state index is 13.2. The first-order valence-corrected chi connectivity index (χ1v) is 11.4. The maximum absolute atomic E-state index is 13.2. The average molecular weight is 482 g/mol. The van der Waals surface area contributed by atoms with Gasteiger partial charge in [0.1, 0.15) is 18.1 Å². The standard InChI is InChI=1S/C21H35N7O6/c1-12(29)17(27-18(30)14(23)5-2-3-7-22)20(32)28-8-4-6-16(28)19(31)26-15(21(33)34)9-13-10-24-11-25-13/h10-12,14-17,29H,2-9,22-23H2,1H3,(H,24,25)(H,26,31)(H,27,30)(H,33,34). The second kappa shape index (κ2) is 13.0. The quantitative estimate of drug-likeness (QED) is 0.152. The average Bonchev–Trinajstić information content (AvgIpc) is 3.48. The fraction of sp³-hybridized carbons (Fsp3) is 0.667. The lowest BCUT2D eigenvalue weighted by Crippen LogP contribution is -2.59. The number of unbranched alkanes of at least 4 members (excludes halogenated alkanes) is 1. The number of carbonyl (C=O) groups excluding carboxylic acids is 3. The van der Waals surface area contributed by atoms with E-state index >= 15 is 0 Å². The number of aliphatic carboxylic acids is 1. The number of carbonyl (C=O) groups is 4. The van der Waals surface area contributed by atoms with E-state index in [0.717, 1.165) is 0 Å². The summed E-state index contributed by atoms with van der Waals surface area (Å²) >= 11 is 0. The van der Waals surface area contributed by atoms with Gasteiger partial charge in [0.25, 0.3) is 0 Å². The zero-order valence-electron chi connectivity index (χ0n) is 19.3. The number of aromatic amines is 1. The van der Waals surface area contributed by atoms with Crippen LogP contribution >= 0.6 is 0 Å². The lowest BCUT2D eigenvalue weighted by molar-refractivity contribution is -0.146. The lowest BCUT2D eigenvalue weighted by atomic mass is 10.1. The van der Waals surface area contributed by atoms with Gasteiger partial charge in [-0.15, -0.1) is 0 Å². The Kier molecular flexibility index (Phi) is 10.4. The molecule has 1 aliphatic heterocycles. The number of hydrogen-bond donors (Lipinski definition) is 7. The number of carboxylic acids is 1. The van der Waals surface area contributed by atoms with Crippen molar-refractivity contribution >= 4 is 23.7 Å². The van der Waals surface area contributed by atoms with Crippen LogP contribution in [0.2, 0.25) is 0 Å². The minimum absolute atomic E-state index is 0.00383. The van der Waals surface area contributed by atoms with Crippen LogP contribution in [0.3, 0.4) is 0 Å². The van der Waals surface area contributed by atoms with Gasteiger partial charge in [0, 0.05) is 24.9 Å². The second-order valence-electron chi connectivity index (χ2n) is 8.49. The number of nitrogens with one attached hydrogen (secondary N) is 3. The molecule has 1 aromatic rings. The predicted octanol–water partition coefficient (Wildman–Crippen LogP) is -2.17. The fourth-order valence-corrected chi connectivity index (χ4v) is 3.85. The third kappa shape index (κ3) is 7.50. The number of nitrogens with zero attached hydrogens (tertiary/aromatic N) is 2. The molecule has 9 N–H and O–H groups in total. The molecular weight excluding hydrogens is 446 g/mol. The van der Waals surface area contributed by atoms with Crippen molar-refractivity contribution in [3.8, 4) is 0 Å². The molecule has 0 radical (unpaired) electrons. The van der Waals surface area contributed by atoms with Crippen molar-refractivity contribution in [1.29, 1.82) is 0 Å². The number of carboxylic acid groups (broad SMARTS) is 1. The molecule has 1 fully saturated rings. The van der Waals surface area contributed by atoms with Gasteiger partial charge >= 0.3 is 5.97 Å². The molecule has 2 heterocycles. The van der Waals surface area contributed by atoms with Gasteiger partial charge in [-0.05, 0) is 39.2 Å². The summed E-state index contributed by atoms with van der Waals surface area (Å²) in [5, 5.41) is 24.6. The number of likely N-dealkylation sites (tertiary alicyclic amines) is 1. The highest BCUT2D eigenvalue weighted by Gasteiger charge is 2.40. The molecule has 0 aliphatic carbocycles. The van der Waals surface area contributed by atoms with E-state index in [9.17, 15) is 29.4 Å². The summed E-state index contributed by atoms with van der Waals surface area (Å²) in [6, 6.07) is -4.30. The smallest absolute Gasteiger partial charge is 0.326 e. The summed E-state index contributed by atoms with van der Waals surface area (Å²) in [6.45, 7) is 2.07. The third-order valence-electron chi connectivity index (χ3n) is 5.78. The summed E-state index contributed by atoms with van der Waals surface area (Å²) in [5.74, 6) is -3.05. The molecular formula is C21H35N7O6. The molecule has 3 amide bonds. The molecule has 1 aromatic heterocycles. The van der Waals surface area contributed by atoms with Crippen LogP contribution in [0.1, 0.15) is 44.7 Å². The first-order valence-electron chi connectivity index (χ1n) is 11.4. The normalized spacial score (nSPS) is 19.2. The predicted molar refractivity (Wildman–Crippen MR) is 121 cm³/mol.